The summed E-state index contributed by atoms with van der Waals surface area (Å²) in [6, 6.07) is 4.70. The van der Waals surface area contributed by atoms with Crippen LogP contribution in [0.5, 0.6) is 0 Å². The minimum atomic E-state index is -3.67. The summed E-state index contributed by atoms with van der Waals surface area (Å²) in [6.07, 6.45) is 0.563. The second kappa shape index (κ2) is 10.2. The zero-order valence-corrected chi connectivity index (χ0v) is 19.9. The quantitative estimate of drug-likeness (QED) is 0.540. The van der Waals surface area contributed by atoms with Gasteiger partial charge in [-0.3, -0.25) is 9.58 Å². The number of aliphatic hydroxyl groups is 1. The Kier molecular flexibility index (Phi) is 8.37. The average molecular weight is 474 g/mol. The van der Waals surface area contributed by atoms with Crippen molar-refractivity contribution in [2.45, 2.75) is 31.0 Å². The van der Waals surface area contributed by atoms with Gasteiger partial charge in [0.2, 0.25) is 10.0 Å². The molecule has 0 saturated heterocycles. The van der Waals surface area contributed by atoms with E-state index in [0.29, 0.717) is 23.4 Å². The van der Waals surface area contributed by atoms with Gasteiger partial charge in [0.25, 0.3) is 0 Å². The molecule has 8 nitrogen and oxygen atoms in total. The van der Waals surface area contributed by atoms with E-state index in [9.17, 15) is 17.9 Å². The van der Waals surface area contributed by atoms with Crippen molar-refractivity contribution in [3.05, 3.63) is 57.6 Å². The summed E-state index contributed by atoms with van der Waals surface area (Å²) >= 11 is 6.27. The lowest BCUT2D eigenvalue weighted by molar-refractivity contribution is 0.0311. The summed E-state index contributed by atoms with van der Waals surface area (Å²) in [5, 5.41) is 15.3. The molecule has 0 amide bonds. The number of aromatic nitrogens is 2. The molecule has 0 saturated carbocycles. The summed E-state index contributed by atoms with van der Waals surface area (Å²) in [5.74, 6) is -0.454. The van der Waals surface area contributed by atoms with E-state index in [2.05, 4.69) is 5.10 Å². The highest BCUT2D eigenvalue weighted by molar-refractivity contribution is 7.89. The molecule has 31 heavy (non-hydrogen) atoms. The highest BCUT2D eigenvalue weighted by Crippen LogP contribution is 2.29. The van der Waals surface area contributed by atoms with Crippen molar-refractivity contribution >= 4 is 21.6 Å². The predicted octanol–water partition coefficient (Wildman–Crippen LogP) is 2.05. The van der Waals surface area contributed by atoms with Gasteiger partial charge in [0.05, 0.1) is 23.0 Å². The number of hydrogen-bond acceptors (Lipinski definition) is 6. The van der Waals surface area contributed by atoms with Gasteiger partial charge in [0, 0.05) is 32.6 Å². The summed E-state index contributed by atoms with van der Waals surface area (Å²) < 4.78 is 41.4. The predicted molar refractivity (Wildman–Crippen MR) is 119 cm³/mol. The number of hydrogen-bond donors (Lipinski definition) is 2. The smallest absolute Gasteiger partial charge is 0.244 e. The van der Waals surface area contributed by atoms with Crippen LogP contribution >= 0.6 is 11.6 Å². The van der Waals surface area contributed by atoms with Crippen LogP contribution in [0.2, 0.25) is 5.02 Å². The molecule has 0 bridgehead atoms. The van der Waals surface area contributed by atoms with Gasteiger partial charge < -0.3 is 10.8 Å². The van der Waals surface area contributed by atoms with Crippen molar-refractivity contribution in [1.82, 2.24) is 19.0 Å². The molecule has 2 aromatic rings. The van der Waals surface area contributed by atoms with E-state index in [1.54, 1.807) is 38.1 Å². The first kappa shape index (κ1) is 25.4. The van der Waals surface area contributed by atoms with Crippen LogP contribution in [0.25, 0.3) is 0 Å². The molecule has 11 heteroatoms. The van der Waals surface area contributed by atoms with E-state index < -0.39 is 22.1 Å². The standard InChI is InChI=1S/C20H29ClFN5O3S/c1-13-16(10-14-6-7-18(17(21)11-14)31(29,30)26(4)5)19(20(28)25(2)3)27(24-13)12-15(22)8-9-23/h6-8,11,20,28H,9-10,12,23H2,1-5H3. The number of aryl methyl sites for hydroxylation is 1. The van der Waals surface area contributed by atoms with E-state index in [4.69, 9.17) is 17.3 Å². The van der Waals surface area contributed by atoms with Crippen molar-refractivity contribution in [2.24, 2.45) is 5.73 Å². The van der Waals surface area contributed by atoms with Crippen LogP contribution < -0.4 is 5.73 Å². The van der Waals surface area contributed by atoms with Gasteiger partial charge in [0.15, 0.2) is 0 Å². The zero-order valence-electron chi connectivity index (χ0n) is 18.3. The van der Waals surface area contributed by atoms with Crippen LogP contribution in [-0.4, -0.2) is 67.2 Å². The molecule has 0 aliphatic rings. The Balaban J connectivity index is 2.50. The van der Waals surface area contributed by atoms with Crippen LogP contribution in [0.3, 0.4) is 0 Å². The van der Waals surface area contributed by atoms with Gasteiger partial charge in [-0.15, -0.1) is 0 Å². The van der Waals surface area contributed by atoms with Gasteiger partial charge >= 0.3 is 0 Å². The topological polar surface area (TPSA) is 105 Å². The lowest BCUT2D eigenvalue weighted by Crippen LogP contribution is -2.24. The molecule has 2 rings (SSSR count). The Hall–Kier alpha value is -1.82. The average Bonchev–Trinajstić information content (AvgIpc) is 2.95. The molecule has 0 fully saturated rings. The second-order valence-electron chi connectivity index (χ2n) is 7.56. The fraction of sp³-hybridized carbons (Fsp3) is 0.450. The Bertz CT molecular complexity index is 1070. The third-order valence-electron chi connectivity index (χ3n) is 4.80. The van der Waals surface area contributed by atoms with Crippen LogP contribution in [0.1, 0.15) is 28.7 Å². The third-order valence-corrected chi connectivity index (χ3v) is 7.10. The van der Waals surface area contributed by atoms with E-state index in [1.807, 2.05) is 0 Å². The van der Waals surface area contributed by atoms with Gasteiger partial charge in [-0.2, -0.15) is 5.10 Å². The van der Waals surface area contributed by atoms with E-state index in [0.717, 1.165) is 9.87 Å². The first-order valence-electron chi connectivity index (χ1n) is 9.56. The van der Waals surface area contributed by atoms with E-state index in [-0.39, 0.29) is 23.0 Å². The summed E-state index contributed by atoms with van der Waals surface area (Å²) in [7, 11) is 2.60. The number of benzene rings is 1. The number of nitrogens with zero attached hydrogens (tertiary/aromatic N) is 4. The Morgan fingerprint density at radius 3 is 2.52 bits per heavy atom. The molecule has 1 aromatic heterocycles. The molecule has 0 spiro atoms. The normalized spacial score (nSPS) is 14.0. The fourth-order valence-corrected chi connectivity index (χ4v) is 4.54. The fourth-order valence-electron chi connectivity index (χ4n) is 3.11. The lowest BCUT2D eigenvalue weighted by Gasteiger charge is -2.21. The third kappa shape index (κ3) is 5.71. The molecule has 0 aliphatic heterocycles. The Morgan fingerprint density at radius 1 is 1.35 bits per heavy atom. The molecule has 1 atom stereocenters. The maximum absolute atomic E-state index is 14.1. The van der Waals surface area contributed by atoms with Crippen molar-refractivity contribution < 1.29 is 17.9 Å². The lowest BCUT2D eigenvalue weighted by atomic mass is 10.0. The SMILES string of the molecule is Cc1nn(CC(F)=CCN)c(C(O)N(C)C)c1Cc1ccc(S(=O)(=O)N(C)C)c(Cl)c1. The van der Waals surface area contributed by atoms with Crippen molar-refractivity contribution in [3.63, 3.8) is 0 Å². The Labute approximate surface area is 187 Å². The highest BCUT2D eigenvalue weighted by Gasteiger charge is 2.25. The maximum Gasteiger partial charge on any atom is 0.244 e. The summed E-state index contributed by atoms with van der Waals surface area (Å²) in [6.45, 7) is 1.68. The number of aliphatic hydroxyl groups excluding tert-OH is 1. The van der Waals surface area contributed by atoms with E-state index in [1.165, 1.54) is 30.9 Å². The van der Waals surface area contributed by atoms with Crippen LogP contribution in [0.15, 0.2) is 35.0 Å². The van der Waals surface area contributed by atoms with Gasteiger partial charge in [-0.25, -0.2) is 17.1 Å². The van der Waals surface area contributed by atoms with Crippen molar-refractivity contribution in [2.75, 3.05) is 34.7 Å². The maximum atomic E-state index is 14.1. The molecular weight excluding hydrogens is 445 g/mol. The molecule has 1 heterocycles. The van der Waals surface area contributed by atoms with Gasteiger partial charge in [-0.05, 0) is 44.8 Å². The summed E-state index contributed by atoms with van der Waals surface area (Å²) in [5.41, 5.74) is 7.89. The van der Waals surface area contributed by atoms with E-state index >= 15 is 0 Å². The van der Waals surface area contributed by atoms with Gasteiger partial charge in [0.1, 0.15) is 17.0 Å². The number of sulfonamides is 1. The Morgan fingerprint density at radius 2 is 2.00 bits per heavy atom. The van der Waals surface area contributed by atoms with Crippen LogP contribution in [0.4, 0.5) is 4.39 Å². The molecule has 0 radical (unpaired) electrons. The monoisotopic (exact) mass is 473 g/mol. The number of rotatable bonds is 9. The second-order valence-corrected chi connectivity index (χ2v) is 10.1. The minimum Gasteiger partial charge on any atom is -0.372 e. The molecule has 0 aliphatic carbocycles. The number of halogens is 2. The van der Waals surface area contributed by atoms with Crippen LogP contribution in [-0.2, 0) is 23.0 Å². The molecule has 172 valence electrons. The van der Waals surface area contributed by atoms with Crippen molar-refractivity contribution in [1.29, 1.82) is 0 Å². The highest BCUT2D eigenvalue weighted by atomic mass is 35.5. The molecule has 3 N–H and O–H groups in total. The summed E-state index contributed by atoms with van der Waals surface area (Å²) in [4.78, 5) is 1.60. The molecular formula is C20H29ClFN5O3S. The van der Waals surface area contributed by atoms with Crippen molar-refractivity contribution in [3.8, 4) is 0 Å². The van der Waals surface area contributed by atoms with Crippen LogP contribution in [0, 0.1) is 6.92 Å². The minimum absolute atomic E-state index is 0.0119. The molecule has 1 unspecified atom stereocenters. The van der Waals surface area contributed by atoms with Gasteiger partial charge in [-0.1, -0.05) is 17.7 Å². The molecule has 1 aromatic carbocycles. The number of nitrogens with two attached hydrogens (primary N) is 1. The largest absolute Gasteiger partial charge is 0.372 e. The number of allylic oxidation sites excluding steroid dienone is 1. The zero-order chi connectivity index (χ0) is 23.5. The first-order valence-corrected chi connectivity index (χ1v) is 11.4. The first-order chi connectivity index (χ1) is 14.4.